The van der Waals surface area contributed by atoms with Crippen molar-refractivity contribution >= 4 is 23.8 Å². The Morgan fingerprint density at radius 3 is 2.64 bits per heavy atom. The normalized spacial score (nSPS) is 24.3. The van der Waals surface area contributed by atoms with Crippen LogP contribution in [0.25, 0.3) is 0 Å². The number of piperazine rings is 1. The minimum absolute atomic E-state index is 0.0383. The van der Waals surface area contributed by atoms with Crippen molar-refractivity contribution in [2.24, 2.45) is 0 Å². The number of fused-ring (bicyclic) bond motifs is 2. The van der Waals surface area contributed by atoms with Crippen molar-refractivity contribution < 1.29 is 23.9 Å². The molecule has 1 aromatic carbocycles. The molecule has 5 atom stereocenters. The van der Waals surface area contributed by atoms with Crippen LogP contribution in [0.15, 0.2) is 24.3 Å². The van der Waals surface area contributed by atoms with Crippen LogP contribution in [-0.2, 0) is 14.3 Å². The number of nitrogens with one attached hydrogen (secondary N) is 2. The summed E-state index contributed by atoms with van der Waals surface area (Å²) in [6.45, 7) is 8.34. The highest BCUT2D eigenvalue weighted by atomic mass is 16.6. The van der Waals surface area contributed by atoms with Crippen molar-refractivity contribution in [3.8, 4) is 6.07 Å². The summed E-state index contributed by atoms with van der Waals surface area (Å²) in [4.78, 5) is 57.1. The molecule has 0 aromatic heterocycles. The highest BCUT2D eigenvalue weighted by Crippen LogP contribution is 2.38. The van der Waals surface area contributed by atoms with E-state index < -0.39 is 29.8 Å². The molecule has 11 heteroatoms. The average Bonchev–Trinajstić information content (AvgIpc) is 3.60. The molecule has 3 heterocycles. The molecule has 3 saturated heterocycles. The molecular weight excluding hydrogens is 500 g/mol. The van der Waals surface area contributed by atoms with Crippen LogP contribution in [0.4, 0.5) is 4.79 Å². The number of likely N-dealkylation sites (tertiary alicyclic amines) is 3. The first-order chi connectivity index (χ1) is 18.4. The SMILES string of the molecule is CNC(=O)c1cccc([C@@H](C)N2C(=O)[C@H]3C[C@@H]2CN3C[C@H](NC(=O)OC(C)(C)C)C(=O)N2CCC[C@H]2C#N)c1. The van der Waals surface area contributed by atoms with Gasteiger partial charge in [-0.25, -0.2) is 4.79 Å². The van der Waals surface area contributed by atoms with Gasteiger partial charge in [0.1, 0.15) is 17.7 Å². The highest BCUT2D eigenvalue weighted by molar-refractivity contribution is 5.94. The molecule has 0 aliphatic carbocycles. The van der Waals surface area contributed by atoms with Gasteiger partial charge < -0.3 is 25.2 Å². The maximum Gasteiger partial charge on any atom is 0.408 e. The predicted molar refractivity (Wildman–Crippen MR) is 142 cm³/mol. The van der Waals surface area contributed by atoms with Gasteiger partial charge in [0.25, 0.3) is 5.91 Å². The Hall–Kier alpha value is -3.65. The van der Waals surface area contributed by atoms with Gasteiger partial charge in [-0.1, -0.05) is 12.1 Å². The van der Waals surface area contributed by atoms with Gasteiger partial charge in [0.05, 0.1) is 18.2 Å². The van der Waals surface area contributed by atoms with Crippen molar-refractivity contribution in [1.82, 2.24) is 25.3 Å². The van der Waals surface area contributed by atoms with Crippen molar-refractivity contribution in [1.29, 1.82) is 5.26 Å². The zero-order chi connectivity index (χ0) is 28.5. The third kappa shape index (κ3) is 6.01. The molecule has 4 amide bonds. The quantitative estimate of drug-likeness (QED) is 0.540. The monoisotopic (exact) mass is 538 g/mol. The van der Waals surface area contributed by atoms with Crippen molar-refractivity contribution in [2.75, 3.05) is 26.7 Å². The third-order valence-corrected chi connectivity index (χ3v) is 7.68. The summed E-state index contributed by atoms with van der Waals surface area (Å²) >= 11 is 0. The van der Waals surface area contributed by atoms with Gasteiger partial charge in [0, 0.05) is 38.3 Å². The van der Waals surface area contributed by atoms with Crippen LogP contribution in [0.5, 0.6) is 0 Å². The summed E-state index contributed by atoms with van der Waals surface area (Å²) in [6, 6.07) is 7.27. The Balaban J connectivity index is 1.48. The van der Waals surface area contributed by atoms with Crippen LogP contribution in [0, 0.1) is 11.3 Å². The van der Waals surface area contributed by atoms with Crippen LogP contribution in [0.2, 0.25) is 0 Å². The van der Waals surface area contributed by atoms with Gasteiger partial charge in [-0.15, -0.1) is 0 Å². The van der Waals surface area contributed by atoms with Crippen LogP contribution < -0.4 is 10.6 Å². The van der Waals surface area contributed by atoms with E-state index >= 15 is 0 Å². The molecule has 1 aromatic rings. The average molecular weight is 539 g/mol. The van der Waals surface area contributed by atoms with Gasteiger partial charge >= 0.3 is 6.09 Å². The van der Waals surface area contributed by atoms with Gasteiger partial charge in [-0.2, -0.15) is 5.26 Å². The highest BCUT2D eigenvalue weighted by Gasteiger charge is 2.52. The maximum absolute atomic E-state index is 13.5. The molecule has 2 N–H and O–H groups in total. The Kier molecular flexibility index (Phi) is 8.16. The number of ether oxygens (including phenoxy) is 1. The number of benzene rings is 1. The van der Waals surface area contributed by atoms with Crippen molar-refractivity contribution in [3.63, 3.8) is 0 Å². The molecule has 0 saturated carbocycles. The van der Waals surface area contributed by atoms with E-state index in [1.54, 1.807) is 33.9 Å². The lowest BCUT2D eigenvalue weighted by atomic mass is 10.0. The fourth-order valence-corrected chi connectivity index (χ4v) is 5.88. The molecule has 210 valence electrons. The Morgan fingerprint density at radius 2 is 2.00 bits per heavy atom. The molecule has 4 rings (SSSR count). The van der Waals surface area contributed by atoms with Gasteiger partial charge in [-0.05, 0) is 64.7 Å². The molecule has 3 aliphatic rings. The molecule has 3 aliphatic heterocycles. The summed E-state index contributed by atoms with van der Waals surface area (Å²) in [6.07, 6.45) is 1.23. The van der Waals surface area contributed by atoms with Crippen LogP contribution in [0.3, 0.4) is 0 Å². The summed E-state index contributed by atoms with van der Waals surface area (Å²) in [5, 5.41) is 14.8. The maximum atomic E-state index is 13.5. The molecule has 11 nitrogen and oxygen atoms in total. The van der Waals surface area contributed by atoms with E-state index in [0.717, 1.165) is 12.0 Å². The molecule has 2 bridgehead atoms. The zero-order valence-electron chi connectivity index (χ0n) is 23.3. The van der Waals surface area contributed by atoms with Gasteiger partial charge in [-0.3, -0.25) is 19.3 Å². The Morgan fingerprint density at radius 1 is 1.26 bits per heavy atom. The number of carbonyl (C=O) groups excluding carboxylic acids is 4. The topological polar surface area (TPSA) is 135 Å². The van der Waals surface area contributed by atoms with E-state index in [1.165, 1.54) is 4.90 Å². The van der Waals surface area contributed by atoms with Gasteiger partial charge in [0.2, 0.25) is 11.8 Å². The second-order valence-corrected chi connectivity index (χ2v) is 11.5. The molecular formula is C28H38N6O5. The standard InChI is InChI=1S/C28H38N6O5/c1-17(18-8-6-9-19(12-18)24(35)30-5)34-21-13-23(26(34)37)32(15-21)16-22(31-27(38)39-28(2,3)4)25(36)33-11-7-10-20(33)14-29/h6,8-9,12,17,20-23H,7,10-11,13,15-16H2,1-5H3,(H,30,35)(H,31,38)/t17-,20+,21-,22+,23-/m1/s1. The minimum Gasteiger partial charge on any atom is -0.444 e. The minimum atomic E-state index is -0.948. The summed E-state index contributed by atoms with van der Waals surface area (Å²) in [7, 11) is 1.58. The fraction of sp³-hybridized carbons (Fsp3) is 0.607. The van der Waals surface area contributed by atoms with E-state index in [-0.39, 0.29) is 36.3 Å². The summed E-state index contributed by atoms with van der Waals surface area (Å²) in [5.74, 6) is -0.561. The predicted octanol–water partition coefficient (Wildman–Crippen LogP) is 1.80. The summed E-state index contributed by atoms with van der Waals surface area (Å²) in [5.41, 5.74) is 0.668. The number of alkyl carbamates (subject to hydrolysis) is 1. The first-order valence-electron chi connectivity index (χ1n) is 13.5. The number of amides is 4. The number of nitriles is 1. The van der Waals surface area contributed by atoms with E-state index in [4.69, 9.17) is 4.74 Å². The number of rotatable bonds is 7. The Bertz CT molecular complexity index is 1170. The molecule has 0 radical (unpaired) electrons. The summed E-state index contributed by atoms with van der Waals surface area (Å²) < 4.78 is 5.41. The lowest BCUT2D eigenvalue weighted by molar-refractivity contribution is -0.141. The second-order valence-electron chi connectivity index (χ2n) is 11.5. The number of hydrogen-bond donors (Lipinski definition) is 2. The second kappa shape index (κ2) is 11.2. The smallest absolute Gasteiger partial charge is 0.408 e. The van der Waals surface area contributed by atoms with Crippen LogP contribution in [0.1, 0.15) is 68.9 Å². The molecule has 39 heavy (non-hydrogen) atoms. The largest absolute Gasteiger partial charge is 0.444 e. The Labute approximate surface area is 229 Å². The van der Waals surface area contributed by atoms with E-state index in [2.05, 4.69) is 16.7 Å². The van der Waals surface area contributed by atoms with Crippen LogP contribution in [-0.4, -0.2) is 95.0 Å². The van der Waals surface area contributed by atoms with E-state index in [0.29, 0.717) is 31.5 Å². The number of hydrogen-bond acceptors (Lipinski definition) is 7. The van der Waals surface area contributed by atoms with Crippen molar-refractivity contribution in [2.45, 2.75) is 82.8 Å². The lowest BCUT2D eigenvalue weighted by Gasteiger charge is -2.39. The first-order valence-corrected chi connectivity index (χ1v) is 13.5. The van der Waals surface area contributed by atoms with Crippen molar-refractivity contribution in [3.05, 3.63) is 35.4 Å². The zero-order valence-corrected chi connectivity index (χ0v) is 23.3. The van der Waals surface area contributed by atoms with E-state index in [1.807, 2.05) is 34.9 Å². The fourth-order valence-electron chi connectivity index (χ4n) is 5.88. The van der Waals surface area contributed by atoms with Crippen LogP contribution >= 0.6 is 0 Å². The molecule has 0 spiro atoms. The first kappa shape index (κ1) is 28.4. The van der Waals surface area contributed by atoms with Gasteiger partial charge in [0.15, 0.2) is 0 Å². The number of nitrogens with zero attached hydrogens (tertiary/aromatic N) is 4. The van der Waals surface area contributed by atoms with E-state index in [9.17, 15) is 24.4 Å². The number of carbonyl (C=O) groups is 4. The molecule has 0 unspecified atom stereocenters. The lowest BCUT2D eigenvalue weighted by Crippen LogP contribution is -2.59. The molecule has 3 fully saturated rings. The third-order valence-electron chi connectivity index (χ3n) is 7.68.